The van der Waals surface area contributed by atoms with Crippen molar-refractivity contribution in [2.24, 2.45) is 0 Å². The Kier molecular flexibility index (Phi) is 7.48. The van der Waals surface area contributed by atoms with Crippen LogP contribution in [0.3, 0.4) is 0 Å². The molecule has 2 rings (SSSR count). The fraction of sp³-hybridized carbons (Fsp3) is 0.300. The molecule has 0 aliphatic carbocycles. The summed E-state index contributed by atoms with van der Waals surface area (Å²) in [6, 6.07) is 17.2. The number of hydrogen-bond donors (Lipinski definition) is 0. The van der Waals surface area contributed by atoms with Crippen molar-refractivity contribution in [3.05, 3.63) is 70.7 Å². The van der Waals surface area contributed by atoms with E-state index in [9.17, 15) is 9.59 Å². The van der Waals surface area contributed by atoms with Gasteiger partial charge in [0, 0.05) is 24.5 Å². The lowest BCUT2D eigenvalue weighted by Gasteiger charge is -2.22. The molecule has 4 nitrogen and oxygen atoms in total. The van der Waals surface area contributed by atoms with Gasteiger partial charge in [-0.3, -0.25) is 9.59 Å². The lowest BCUT2D eigenvalue weighted by Crippen LogP contribution is -2.33. The number of hydrogen-bond acceptors (Lipinski definition) is 3. The van der Waals surface area contributed by atoms with Crippen LogP contribution >= 0.6 is 11.6 Å². The number of ether oxygens (including phenoxy) is 1. The van der Waals surface area contributed by atoms with Crippen molar-refractivity contribution in [2.75, 3.05) is 13.7 Å². The van der Waals surface area contributed by atoms with Crippen LogP contribution in [0.5, 0.6) is 0 Å². The number of carbonyl (C=O) groups is 2. The van der Waals surface area contributed by atoms with Crippen molar-refractivity contribution in [3.8, 4) is 0 Å². The summed E-state index contributed by atoms with van der Waals surface area (Å²) in [5, 5.41) is 0.666. The summed E-state index contributed by atoms with van der Waals surface area (Å²) in [5.74, 6) is -0.329. The minimum Gasteiger partial charge on any atom is -0.469 e. The van der Waals surface area contributed by atoms with Crippen molar-refractivity contribution < 1.29 is 14.3 Å². The quantitative estimate of drug-likeness (QED) is 0.672. The summed E-state index contributed by atoms with van der Waals surface area (Å²) in [4.78, 5) is 25.8. The number of methoxy groups -OCH3 is 1. The summed E-state index contributed by atoms with van der Waals surface area (Å²) in [7, 11) is 1.35. The number of aryl methyl sites for hydroxylation is 1. The second kappa shape index (κ2) is 9.84. The van der Waals surface area contributed by atoms with Crippen molar-refractivity contribution in [1.29, 1.82) is 0 Å². The van der Waals surface area contributed by atoms with Crippen LogP contribution in [-0.4, -0.2) is 30.4 Å². The molecule has 2 aromatic carbocycles. The van der Waals surface area contributed by atoms with Gasteiger partial charge >= 0.3 is 5.97 Å². The highest BCUT2D eigenvalue weighted by atomic mass is 35.5. The van der Waals surface area contributed by atoms with Gasteiger partial charge in [-0.25, -0.2) is 0 Å². The molecule has 0 saturated heterocycles. The van der Waals surface area contributed by atoms with Crippen LogP contribution in [-0.2, 0) is 27.3 Å². The van der Waals surface area contributed by atoms with Gasteiger partial charge in [0.25, 0.3) is 0 Å². The molecule has 132 valence electrons. The molecule has 0 saturated carbocycles. The van der Waals surface area contributed by atoms with Crippen LogP contribution in [0.1, 0.15) is 24.0 Å². The first kappa shape index (κ1) is 19.0. The number of rotatable bonds is 8. The maximum Gasteiger partial charge on any atom is 0.307 e. The minimum atomic E-state index is -0.322. The Labute approximate surface area is 153 Å². The predicted molar refractivity (Wildman–Crippen MR) is 98.3 cm³/mol. The van der Waals surface area contributed by atoms with E-state index in [4.69, 9.17) is 11.6 Å². The Bertz CT molecular complexity index is 703. The molecular weight excluding hydrogens is 338 g/mol. The van der Waals surface area contributed by atoms with E-state index in [1.54, 1.807) is 4.90 Å². The molecular formula is C20H22ClNO3. The van der Waals surface area contributed by atoms with E-state index in [0.717, 1.165) is 11.1 Å². The highest BCUT2D eigenvalue weighted by Gasteiger charge is 2.16. The SMILES string of the molecule is COC(=O)CCN(Cc1ccccc1)C(=O)CCc1ccccc1Cl. The molecule has 1 amide bonds. The molecule has 0 heterocycles. The number of benzene rings is 2. The van der Waals surface area contributed by atoms with Gasteiger partial charge in [-0.15, -0.1) is 0 Å². The Hall–Kier alpha value is -2.33. The second-order valence-corrected chi connectivity index (χ2v) is 6.13. The van der Waals surface area contributed by atoms with Crippen molar-refractivity contribution >= 4 is 23.5 Å². The lowest BCUT2D eigenvalue weighted by atomic mass is 10.1. The molecule has 0 aliphatic rings. The molecule has 0 unspecified atom stereocenters. The standard InChI is InChI=1S/C20H22ClNO3/c1-25-20(24)13-14-22(15-16-7-3-2-4-8-16)19(23)12-11-17-9-5-6-10-18(17)21/h2-10H,11-15H2,1H3. The van der Waals surface area contributed by atoms with Gasteiger partial charge in [-0.2, -0.15) is 0 Å². The number of esters is 1. The molecule has 0 radical (unpaired) electrons. The highest BCUT2D eigenvalue weighted by molar-refractivity contribution is 6.31. The molecule has 0 aliphatic heterocycles. The Balaban J connectivity index is 2.00. The molecule has 0 fully saturated rings. The van der Waals surface area contributed by atoms with E-state index in [1.165, 1.54) is 7.11 Å². The van der Waals surface area contributed by atoms with Gasteiger partial charge in [0.2, 0.25) is 5.91 Å². The van der Waals surface area contributed by atoms with E-state index in [2.05, 4.69) is 4.74 Å². The van der Waals surface area contributed by atoms with E-state index in [1.807, 2.05) is 54.6 Å². The summed E-state index contributed by atoms with van der Waals surface area (Å²) >= 11 is 6.15. The predicted octanol–water partition coefficient (Wildman–Crippen LogP) is 3.86. The Morgan fingerprint density at radius 1 is 1.00 bits per heavy atom. The first-order chi connectivity index (χ1) is 12.1. The van der Waals surface area contributed by atoms with Crippen molar-refractivity contribution in [2.45, 2.75) is 25.8 Å². The molecule has 5 heteroatoms. The number of nitrogens with zero attached hydrogens (tertiary/aromatic N) is 1. The topological polar surface area (TPSA) is 46.6 Å². The van der Waals surface area contributed by atoms with Crippen LogP contribution < -0.4 is 0 Å². The fourth-order valence-electron chi connectivity index (χ4n) is 2.52. The summed E-state index contributed by atoms with van der Waals surface area (Å²) in [5.41, 5.74) is 1.98. The van der Waals surface area contributed by atoms with Gasteiger partial charge in [0.15, 0.2) is 0 Å². The van der Waals surface area contributed by atoms with Crippen LogP contribution in [0.25, 0.3) is 0 Å². The Morgan fingerprint density at radius 2 is 1.68 bits per heavy atom. The lowest BCUT2D eigenvalue weighted by molar-refractivity contribution is -0.141. The first-order valence-electron chi connectivity index (χ1n) is 8.22. The third-order valence-corrected chi connectivity index (χ3v) is 4.32. The summed E-state index contributed by atoms with van der Waals surface area (Å²) < 4.78 is 4.68. The second-order valence-electron chi connectivity index (χ2n) is 5.72. The van der Waals surface area contributed by atoms with Crippen molar-refractivity contribution in [1.82, 2.24) is 4.90 Å². The molecule has 0 N–H and O–H groups in total. The highest BCUT2D eigenvalue weighted by Crippen LogP contribution is 2.17. The molecule has 25 heavy (non-hydrogen) atoms. The smallest absolute Gasteiger partial charge is 0.307 e. The maximum atomic E-state index is 12.7. The van der Waals surface area contributed by atoms with Gasteiger partial charge in [-0.1, -0.05) is 60.1 Å². The zero-order valence-electron chi connectivity index (χ0n) is 14.3. The zero-order chi connectivity index (χ0) is 18.1. The van der Waals surface area contributed by atoms with E-state index < -0.39 is 0 Å². The van der Waals surface area contributed by atoms with Gasteiger partial charge in [-0.05, 0) is 23.6 Å². The van der Waals surface area contributed by atoms with Gasteiger partial charge in [0.05, 0.1) is 13.5 Å². The van der Waals surface area contributed by atoms with Crippen LogP contribution in [0.4, 0.5) is 0 Å². The van der Waals surface area contributed by atoms with Crippen LogP contribution in [0.2, 0.25) is 5.02 Å². The summed E-state index contributed by atoms with van der Waals surface area (Å²) in [6.45, 7) is 0.808. The molecule has 0 atom stereocenters. The average Bonchev–Trinajstić information content (AvgIpc) is 2.64. The average molecular weight is 360 g/mol. The normalized spacial score (nSPS) is 10.3. The molecule has 0 bridgehead atoms. The van der Waals surface area contributed by atoms with Crippen LogP contribution in [0.15, 0.2) is 54.6 Å². The van der Waals surface area contributed by atoms with Crippen LogP contribution in [0, 0.1) is 0 Å². The third kappa shape index (κ3) is 6.24. The number of amides is 1. The number of carbonyl (C=O) groups excluding carboxylic acids is 2. The Morgan fingerprint density at radius 3 is 2.36 bits per heavy atom. The molecule has 2 aromatic rings. The fourth-order valence-corrected chi connectivity index (χ4v) is 2.76. The molecule has 0 spiro atoms. The van der Waals surface area contributed by atoms with Gasteiger partial charge < -0.3 is 9.64 Å². The largest absolute Gasteiger partial charge is 0.469 e. The molecule has 0 aromatic heterocycles. The van der Waals surface area contributed by atoms with E-state index in [0.29, 0.717) is 31.0 Å². The summed E-state index contributed by atoms with van der Waals surface area (Å²) in [6.07, 6.45) is 1.10. The van der Waals surface area contributed by atoms with Gasteiger partial charge in [0.1, 0.15) is 0 Å². The zero-order valence-corrected chi connectivity index (χ0v) is 15.0. The monoisotopic (exact) mass is 359 g/mol. The number of halogens is 1. The van der Waals surface area contributed by atoms with Crippen molar-refractivity contribution in [3.63, 3.8) is 0 Å². The third-order valence-electron chi connectivity index (χ3n) is 3.95. The maximum absolute atomic E-state index is 12.7. The van der Waals surface area contributed by atoms with E-state index in [-0.39, 0.29) is 18.3 Å². The minimum absolute atomic E-state index is 0.00678. The van der Waals surface area contributed by atoms with E-state index >= 15 is 0 Å². The first-order valence-corrected chi connectivity index (χ1v) is 8.60.